The molecule has 0 aromatic heterocycles. The lowest BCUT2D eigenvalue weighted by molar-refractivity contribution is 0.625. The fraction of sp³-hybridized carbons (Fsp3) is 0.200. The van der Waals surface area contributed by atoms with E-state index < -0.39 is 5.82 Å². The van der Waals surface area contributed by atoms with Crippen molar-refractivity contribution in [1.29, 1.82) is 0 Å². The average molecular weight is 262 g/mol. The van der Waals surface area contributed by atoms with Crippen LogP contribution < -0.4 is 11.1 Å². The van der Waals surface area contributed by atoms with Gasteiger partial charge in [-0.15, -0.1) is 0 Å². The predicted octanol–water partition coefficient (Wildman–Crippen LogP) is 3.51. The van der Waals surface area contributed by atoms with Gasteiger partial charge in [0.15, 0.2) is 0 Å². The van der Waals surface area contributed by atoms with E-state index in [1.165, 1.54) is 18.2 Å². The zero-order valence-electron chi connectivity index (χ0n) is 10.7. The van der Waals surface area contributed by atoms with Gasteiger partial charge in [0.05, 0.1) is 11.4 Å². The van der Waals surface area contributed by atoms with Gasteiger partial charge < -0.3 is 11.1 Å². The molecule has 2 nitrogen and oxygen atoms in total. The molecule has 0 saturated carbocycles. The van der Waals surface area contributed by atoms with Gasteiger partial charge in [-0.1, -0.05) is 12.1 Å². The summed E-state index contributed by atoms with van der Waals surface area (Å²) in [5.74, 6) is -0.661. The van der Waals surface area contributed by atoms with Crippen molar-refractivity contribution >= 4 is 11.4 Å². The molecule has 0 aliphatic heterocycles. The minimum atomic E-state index is -0.428. The smallest absolute Gasteiger partial charge is 0.148 e. The van der Waals surface area contributed by atoms with E-state index in [4.69, 9.17) is 5.73 Å². The summed E-state index contributed by atoms with van der Waals surface area (Å²) in [7, 11) is 0. The van der Waals surface area contributed by atoms with Gasteiger partial charge in [-0.25, -0.2) is 8.78 Å². The third-order valence-electron chi connectivity index (χ3n) is 3.07. The Labute approximate surface area is 111 Å². The summed E-state index contributed by atoms with van der Waals surface area (Å²) in [4.78, 5) is 0. The summed E-state index contributed by atoms with van der Waals surface area (Å²) in [6.07, 6.45) is 0.724. The monoisotopic (exact) mass is 262 g/mol. The molecular weight excluding hydrogens is 246 g/mol. The largest absolute Gasteiger partial charge is 0.395 e. The molecule has 0 heterocycles. The van der Waals surface area contributed by atoms with Crippen LogP contribution in [-0.4, -0.2) is 6.54 Å². The number of nitrogen functional groups attached to an aromatic ring is 1. The lowest BCUT2D eigenvalue weighted by atomic mass is 10.1. The highest BCUT2D eigenvalue weighted by Gasteiger charge is 2.04. The zero-order chi connectivity index (χ0) is 13.8. The van der Waals surface area contributed by atoms with E-state index in [0.29, 0.717) is 12.2 Å². The van der Waals surface area contributed by atoms with Gasteiger partial charge in [0.25, 0.3) is 0 Å². The van der Waals surface area contributed by atoms with Gasteiger partial charge in [0.2, 0.25) is 0 Å². The standard InChI is InChI=1S/C15H16F2N2/c1-10-9-12(16)6-5-11(10)7-8-19-14-4-2-3-13(17)15(14)18/h2-6,9,19H,7-8,18H2,1H3. The summed E-state index contributed by atoms with van der Waals surface area (Å²) in [6.45, 7) is 2.48. The molecule has 0 spiro atoms. The molecule has 0 saturated heterocycles. The van der Waals surface area contributed by atoms with Crippen LogP contribution in [-0.2, 0) is 6.42 Å². The van der Waals surface area contributed by atoms with Crippen molar-refractivity contribution in [3.63, 3.8) is 0 Å². The van der Waals surface area contributed by atoms with Crippen molar-refractivity contribution < 1.29 is 8.78 Å². The third-order valence-corrected chi connectivity index (χ3v) is 3.07. The van der Waals surface area contributed by atoms with E-state index in [9.17, 15) is 8.78 Å². The molecule has 2 aromatic carbocycles. The van der Waals surface area contributed by atoms with Gasteiger partial charge in [0.1, 0.15) is 11.6 Å². The fourth-order valence-corrected chi connectivity index (χ4v) is 1.96. The highest BCUT2D eigenvalue weighted by molar-refractivity contribution is 5.66. The second kappa shape index (κ2) is 5.69. The summed E-state index contributed by atoms with van der Waals surface area (Å²) in [6, 6.07) is 9.38. The molecule has 0 unspecified atom stereocenters. The Morgan fingerprint density at radius 2 is 1.95 bits per heavy atom. The molecule has 0 atom stereocenters. The minimum Gasteiger partial charge on any atom is -0.395 e. The van der Waals surface area contributed by atoms with Crippen LogP contribution in [0.3, 0.4) is 0 Å². The van der Waals surface area contributed by atoms with E-state index in [1.807, 2.05) is 6.92 Å². The first kappa shape index (κ1) is 13.3. The number of hydrogen-bond acceptors (Lipinski definition) is 2. The number of aryl methyl sites for hydroxylation is 1. The van der Waals surface area contributed by atoms with E-state index >= 15 is 0 Å². The number of hydrogen-bond donors (Lipinski definition) is 2. The van der Waals surface area contributed by atoms with E-state index in [0.717, 1.165) is 17.5 Å². The molecule has 2 aromatic rings. The Bertz CT molecular complexity index is 582. The minimum absolute atomic E-state index is 0.123. The van der Waals surface area contributed by atoms with Crippen molar-refractivity contribution in [2.45, 2.75) is 13.3 Å². The first-order valence-electron chi connectivity index (χ1n) is 6.11. The first-order valence-corrected chi connectivity index (χ1v) is 6.11. The van der Waals surface area contributed by atoms with Crippen molar-refractivity contribution in [2.24, 2.45) is 0 Å². The highest BCUT2D eigenvalue weighted by Crippen LogP contribution is 2.21. The number of nitrogens with two attached hydrogens (primary N) is 1. The second-order valence-corrected chi connectivity index (χ2v) is 4.45. The van der Waals surface area contributed by atoms with Crippen molar-refractivity contribution in [1.82, 2.24) is 0 Å². The molecule has 0 bridgehead atoms. The number of benzene rings is 2. The summed E-state index contributed by atoms with van der Waals surface area (Å²) >= 11 is 0. The van der Waals surface area contributed by atoms with Crippen molar-refractivity contribution in [3.8, 4) is 0 Å². The molecule has 0 aliphatic rings. The molecule has 0 fully saturated rings. The molecule has 0 amide bonds. The van der Waals surface area contributed by atoms with Crippen LogP contribution >= 0.6 is 0 Å². The number of para-hydroxylation sites is 1. The second-order valence-electron chi connectivity index (χ2n) is 4.45. The van der Waals surface area contributed by atoms with E-state index in [1.54, 1.807) is 18.2 Å². The predicted molar refractivity (Wildman–Crippen MR) is 74.1 cm³/mol. The Hall–Kier alpha value is -2.10. The van der Waals surface area contributed by atoms with Gasteiger partial charge in [0, 0.05) is 6.54 Å². The van der Waals surface area contributed by atoms with Crippen LogP contribution in [0.2, 0.25) is 0 Å². The van der Waals surface area contributed by atoms with E-state index in [2.05, 4.69) is 5.32 Å². The Morgan fingerprint density at radius 3 is 2.68 bits per heavy atom. The van der Waals surface area contributed by atoms with Crippen LogP contribution in [0, 0.1) is 18.6 Å². The fourth-order valence-electron chi connectivity index (χ4n) is 1.96. The average Bonchev–Trinajstić information content (AvgIpc) is 2.37. The Morgan fingerprint density at radius 1 is 1.16 bits per heavy atom. The van der Waals surface area contributed by atoms with Crippen molar-refractivity contribution in [3.05, 3.63) is 59.2 Å². The maximum absolute atomic E-state index is 13.2. The maximum atomic E-state index is 13.2. The lowest BCUT2D eigenvalue weighted by Gasteiger charge is -2.11. The quantitative estimate of drug-likeness (QED) is 0.827. The number of halogens is 2. The third kappa shape index (κ3) is 3.22. The summed E-state index contributed by atoms with van der Waals surface area (Å²) < 4.78 is 26.2. The van der Waals surface area contributed by atoms with Gasteiger partial charge in [-0.2, -0.15) is 0 Å². The van der Waals surface area contributed by atoms with Crippen LogP contribution in [0.5, 0.6) is 0 Å². The van der Waals surface area contributed by atoms with Crippen molar-refractivity contribution in [2.75, 3.05) is 17.6 Å². The molecule has 0 aliphatic carbocycles. The molecule has 3 N–H and O–H groups in total. The maximum Gasteiger partial charge on any atom is 0.148 e. The molecular formula is C15H16F2N2. The van der Waals surface area contributed by atoms with Crippen LogP contribution in [0.25, 0.3) is 0 Å². The zero-order valence-corrected chi connectivity index (χ0v) is 10.7. The van der Waals surface area contributed by atoms with Crippen LogP contribution in [0.1, 0.15) is 11.1 Å². The number of anilines is 2. The molecule has 100 valence electrons. The van der Waals surface area contributed by atoms with Gasteiger partial charge in [-0.3, -0.25) is 0 Å². The van der Waals surface area contributed by atoms with Crippen LogP contribution in [0.15, 0.2) is 36.4 Å². The topological polar surface area (TPSA) is 38.0 Å². The number of rotatable bonds is 4. The molecule has 2 rings (SSSR count). The SMILES string of the molecule is Cc1cc(F)ccc1CCNc1cccc(F)c1N. The van der Waals surface area contributed by atoms with Gasteiger partial charge >= 0.3 is 0 Å². The van der Waals surface area contributed by atoms with Crippen LogP contribution in [0.4, 0.5) is 20.2 Å². The lowest BCUT2D eigenvalue weighted by Crippen LogP contribution is -2.08. The summed E-state index contributed by atoms with van der Waals surface area (Å²) in [5.41, 5.74) is 8.30. The first-order chi connectivity index (χ1) is 9.08. The highest BCUT2D eigenvalue weighted by atomic mass is 19.1. The Balaban J connectivity index is 1.98. The van der Waals surface area contributed by atoms with E-state index in [-0.39, 0.29) is 11.5 Å². The summed E-state index contributed by atoms with van der Waals surface area (Å²) in [5, 5.41) is 3.09. The normalized spacial score (nSPS) is 10.5. The van der Waals surface area contributed by atoms with Gasteiger partial charge in [-0.05, 0) is 48.7 Å². The molecule has 4 heteroatoms. The molecule has 0 radical (unpaired) electrons. The molecule has 19 heavy (non-hydrogen) atoms. The number of nitrogens with one attached hydrogen (secondary N) is 1. The Kier molecular flexibility index (Phi) is 4.00.